The summed E-state index contributed by atoms with van der Waals surface area (Å²) in [6.45, 7) is 7.18. The van der Waals surface area contributed by atoms with Gasteiger partial charge in [0.15, 0.2) is 11.7 Å². The van der Waals surface area contributed by atoms with Crippen LogP contribution in [0, 0.1) is 0 Å². The van der Waals surface area contributed by atoms with Gasteiger partial charge in [-0.15, -0.1) is 0 Å². The summed E-state index contributed by atoms with van der Waals surface area (Å²) in [7, 11) is 0. The molecule has 2 heterocycles. The van der Waals surface area contributed by atoms with Crippen molar-refractivity contribution >= 4 is 17.6 Å². The highest BCUT2D eigenvalue weighted by Crippen LogP contribution is 2.26. The third-order valence-corrected chi connectivity index (χ3v) is 5.93. The zero-order valence-corrected chi connectivity index (χ0v) is 19.4. The van der Waals surface area contributed by atoms with E-state index >= 15 is 0 Å². The van der Waals surface area contributed by atoms with Crippen LogP contribution in [0.5, 0.6) is 0 Å². The molecule has 1 aliphatic heterocycles. The topological polar surface area (TPSA) is 106 Å². The van der Waals surface area contributed by atoms with Gasteiger partial charge in [0, 0.05) is 49.3 Å². The minimum Gasteiger partial charge on any atom is -0.379 e. The Morgan fingerprint density at radius 1 is 1.12 bits per heavy atom. The molecule has 0 saturated carbocycles. The fraction of sp³-hybridized carbons (Fsp3) is 0.346. The summed E-state index contributed by atoms with van der Waals surface area (Å²) in [6.07, 6.45) is 0.930. The quantitative estimate of drug-likeness (QED) is 0.217. The Labute approximate surface area is 199 Å². The number of nitrogens with two attached hydrogens (primary N) is 1. The number of ketones is 1. The minimum atomic E-state index is -0.0606. The second-order valence-corrected chi connectivity index (χ2v) is 8.36. The molecular weight excluding hydrogens is 430 g/mol. The van der Waals surface area contributed by atoms with Crippen LogP contribution in [0.2, 0.25) is 0 Å². The summed E-state index contributed by atoms with van der Waals surface area (Å²) >= 11 is 0. The number of carbonyl (C=O) groups is 1. The number of morpholine rings is 1. The zero-order chi connectivity index (χ0) is 23.8. The third-order valence-electron chi connectivity index (χ3n) is 5.93. The molecular formula is C26H31N5O3. The number of hydrogen-bond acceptors (Lipinski definition) is 6. The molecule has 3 aromatic rings. The van der Waals surface area contributed by atoms with E-state index in [1.807, 2.05) is 67.6 Å². The molecule has 0 amide bonds. The highest BCUT2D eigenvalue weighted by atomic mass is 16.5. The van der Waals surface area contributed by atoms with Crippen molar-refractivity contribution in [1.82, 2.24) is 10.1 Å². The second-order valence-electron chi connectivity index (χ2n) is 8.36. The number of aliphatic imine (C=N–C) groups is 1. The first-order valence-corrected chi connectivity index (χ1v) is 11.6. The summed E-state index contributed by atoms with van der Waals surface area (Å²) < 4.78 is 10.8. The lowest BCUT2D eigenvalue weighted by molar-refractivity contribution is 0.0377. The summed E-state index contributed by atoms with van der Waals surface area (Å²) in [5.74, 6) is 0.671. The van der Waals surface area contributed by atoms with Crippen LogP contribution in [0.1, 0.15) is 46.4 Å². The molecule has 0 radical (unpaired) electrons. The molecule has 0 spiro atoms. The smallest absolute Gasteiger partial charge is 0.231 e. The van der Waals surface area contributed by atoms with Crippen LogP contribution in [0.4, 0.5) is 5.88 Å². The minimum absolute atomic E-state index is 0.00485. The van der Waals surface area contributed by atoms with E-state index in [-0.39, 0.29) is 11.7 Å². The predicted octanol–water partition coefficient (Wildman–Crippen LogP) is 3.51. The third kappa shape index (κ3) is 6.30. The van der Waals surface area contributed by atoms with E-state index in [0.717, 1.165) is 50.5 Å². The van der Waals surface area contributed by atoms with E-state index in [2.05, 4.69) is 20.4 Å². The van der Waals surface area contributed by atoms with Crippen molar-refractivity contribution in [1.29, 1.82) is 0 Å². The van der Waals surface area contributed by atoms with Crippen molar-refractivity contribution in [3.8, 4) is 0 Å². The van der Waals surface area contributed by atoms with Crippen molar-refractivity contribution in [2.24, 2.45) is 10.7 Å². The molecule has 1 unspecified atom stereocenters. The number of rotatable bonds is 9. The molecule has 1 aromatic heterocycles. The van der Waals surface area contributed by atoms with Crippen LogP contribution < -0.4 is 11.1 Å². The van der Waals surface area contributed by atoms with E-state index in [4.69, 9.17) is 15.0 Å². The largest absolute Gasteiger partial charge is 0.379 e. The van der Waals surface area contributed by atoms with Crippen LogP contribution in [0.3, 0.4) is 0 Å². The van der Waals surface area contributed by atoms with Crippen LogP contribution in [-0.4, -0.2) is 61.2 Å². The summed E-state index contributed by atoms with van der Waals surface area (Å²) in [6, 6.07) is 18.7. The average Bonchev–Trinajstić information content (AvgIpc) is 3.35. The van der Waals surface area contributed by atoms with Crippen LogP contribution >= 0.6 is 0 Å². The molecule has 4 rings (SSSR count). The van der Waals surface area contributed by atoms with Crippen LogP contribution in [-0.2, 0) is 4.74 Å². The predicted molar refractivity (Wildman–Crippen MR) is 132 cm³/mol. The van der Waals surface area contributed by atoms with Crippen molar-refractivity contribution in [3.05, 3.63) is 83.0 Å². The molecule has 1 fully saturated rings. The van der Waals surface area contributed by atoms with Gasteiger partial charge in [0.05, 0.1) is 18.9 Å². The monoisotopic (exact) mass is 461 g/mol. The first-order chi connectivity index (χ1) is 16.6. The molecule has 8 heteroatoms. The lowest BCUT2D eigenvalue weighted by Gasteiger charge is -2.26. The normalized spacial score (nSPS) is 15.7. The molecule has 178 valence electrons. The molecule has 1 saturated heterocycles. The van der Waals surface area contributed by atoms with Gasteiger partial charge in [0.1, 0.15) is 0 Å². The van der Waals surface area contributed by atoms with E-state index in [9.17, 15) is 4.79 Å². The first-order valence-electron chi connectivity index (χ1n) is 11.6. The van der Waals surface area contributed by atoms with Gasteiger partial charge in [-0.1, -0.05) is 60.6 Å². The van der Waals surface area contributed by atoms with Gasteiger partial charge in [-0.2, -0.15) is 0 Å². The van der Waals surface area contributed by atoms with Crippen molar-refractivity contribution in [2.45, 2.75) is 19.3 Å². The van der Waals surface area contributed by atoms with E-state index < -0.39 is 0 Å². The maximum absolute atomic E-state index is 12.8. The molecule has 0 bridgehead atoms. The van der Waals surface area contributed by atoms with Gasteiger partial charge in [0.2, 0.25) is 5.88 Å². The first kappa shape index (κ1) is 23.7. The van der Waals surface area contributed by atoms with Gasteiger partial charge < -0.3 is 15.0 Å². The van der Waals surface area contributed by atoms with E-state index in [1.54, 1.807) is 0 Å². The Bertz CT molecular complexity index is 1110. The highest BCUT2D eigenvalue weighted by Gasteiger charge is 2.17. The van der Waals surface area contributed by atoms with E-state index in [1.165, 1.54) is 0 Å². The Morgan fingerprint density at radius 3 is 2.68 bits per heavy atom. The van der Waals surface area contributed by atoms with Gasteiger partial charge in [-0.3, -0.25) is 20.0 Å². The SMILES string of the molecule is CC(c1cccc(C(=O)c2ccccc2)c1)c1cc(NC(N)=NCCCN2CCOCC2)on1. The average molecular weight is 462 g/mol. The van der Waals surface area contributed by atoms with Crippen molar-refractivity contribution < 1.29 is 14.1 Å². The summed E-state index contributed by atoms with van der Waals surface area (Å²) in [4.78, 5) is 19.5. The molecule has 34 heavy (non-hydrogen) atoms. The molecule has 1 aliphatic rings. The number of aromatic nitrogens is 1. The fourth-order valence-corrected chi connectivity index (χ4v) is 3.91. The summed E-state index contributed by atoms with van der Waals surface area (Å²) in [5, 5.41) is 7.15. The van der Waals surface area contributed by atoms with Gasteiger partial charge in [-0.25, -0.2) is 0 Å². The van der Waals surface area contributed by atoms with Crippen molar-refractivity contribution in [2.75, 3.05) is 44.7 Å². The number of hydrogen-bond donors (Lipinski definition) is 2. The Balaban J connectivity index is 1.33. The molecule has 2 aromatic carbocycles. The summed E-state index contributed by atoms with van der Waals surface area (Å²) in [5.41, 5.74) is 9.04. The number of benzene rings is 2. The standard InChI is InChI=1S/C26H31N5O3/c1-19(21-9-5-10-22(17-21)25(32)20-7-3-2-4-8-20)23-18-24(34-30-23)29-26(27)28-11-6-12-31-13-15-33-16-14-31/h2-5,7-10,17-19H,6,11-16H2,1H3,(H3,27,28,29). The number of nitrogens with one attached hydrogen (secondary N) is 1. The van der Waals surface area contributed by atoms with Gasteiger partial charge >= 0.3 is 0 Å². The van der Waals surface area contributed by atoms with Crippen LogP contribution in [0.15, 0.2) is 70.2 Å². The molecule has 8 nitrogen and oxygen atoms in total. The number of ether oxygens (including phenoxy) is 1. The van der Waals surface area contributed by atoms with Crippen molar-refractivity contribution in [3.63, 3.8) is 0 Å². The van der Waals surface area contributed by atoms with Gasteiger partial charge in [-0.05, 0) is 18.1 Å². The molecule has 0 aliphatic carbocycles. The Hall–Kier alpha value is -3.49. The maximum Gasteiger partial charge on any atom is 0.231 e. The van der Waals surface area contributed by atoms with Gasteiger partial charge in [0.25, 0.3) is 0 Å². The molecule has 1 atom stereocenters. The highest BCUT2D eigenvalue weighted by molar-refractivity contribution is 6.09. The number of anilines is 1. The zero-order valence-electron chi connectivity index (χ0n) is 19.4. The number of nitrogens with zero attached hydrogens (tertiary/aromatic N) is 3. The second kappa shape index (κ2) is 11.6. The molecule has 3 N–H and O–H groups in total. The Morgan fingerprint density at radius 2 is 1.88 bits per heavy atom. The Kier molecular flexibility index (Phi) is 8.06. The lowest BCUT2D eigenvalue weighted by Crippen LogP contribution is -2.37. The maximum atomic E-state index is 12.8. The van der Waals surface area contributed by atoms with Crippen LogP contribution in [0.25, 0.3) is 0 Å². The fourth-order valence-electron chi connectivity index (χ4n) is 3.91. The lowest BCUT2D eigenvalue weighted by atomic mass is 9.94. The number of carbonyl (C=O) groups excluding carboxylic acids is 1. The van der Waals surface area contributed by atoms with E-state index in [0.29, 0.717) is 29.5 Å². The number of guanidine groups is 1.